The monoisotopic (exact) mass is 407 g/mol. The quantitative estimate of drug-likeness (QED) is 0.484. The van der Waals surface area contributed by atoms with Crippen molar-refractivity contribution >= 4 is 15.8 Å². The summed E-state index contributed by atoms with van der Waals surface area (Å²) >= 11 is 0. The zero-order valence-electron chi connectivity index (χ0n) is 16.2. The van der Waals surface area contributed by atoms with E-state index in [1.54, 1.807) is 37.3 Å². The SMILES string of the molecule is CCNC(=NCc1ccc(S(C)(=O)=O)c(C)c1)NCC(O)c1ccccc1F. The Labute approximate surface area is 165 Å². The number of aliphatic imine (C=N–C) groups is 1. The second-order valence-electron chi connectivity index (χ2n) is 6.49. The van der Waals surface area contributed by atoms with Gasteiger partial charge in [0.1, 0.15) is 5.82 Å². The lowest BCUT2D eigenvalue weighted by molar-refractivity contribution is 0.176. The molecule has 0 saturated heterocycles. The summed E-state index contributed by atoms with van der Waals surface area (Å²) < 4.78 is 37.2. The van der Waals surface area contributed by atoms with Gasteiger partial charge in [-0.3, -0.25) is 0 Å². The van der Waals surface area contributed by atoms with Crippen molar-refractivity contribution in [3.05, 3.63) is 65.0 Å². The molecule has 0 fully saturated rings. The minimum Gasteiger partial charge on any atom is -0.386 e. The fourth-order valence-electron chi connectivity index (χ4n) is 2.79. The van der Waals surface area contributed by atoms with Gasteiger partial charge in [0.25, 0.3) is 0 Å². The van der Waals surface area contributed by atoms with Gasteiger partial charge in [-0.25, -0.2) is 17.8 Å². The molecule has 2 rings (SSSR count). The Morgan fingerprint density at radius 2 is 1.93 bits per heavy atom. The van der Waals surface area contributed by atoms with E-state index in [0.29, 0.717) is 29.5 Å². The van der Waals surface area contributed by atoms with Crippen LogP contribution < -0.4 is 10.6 Å². The van der Waals surface area contributed by atoms with E-state index in [1.165, 1.54) is 18.4 Å². The number of halogens is 1. The van der Waals surface area contributed by atoms with Crippen LogP contribution in [0.1, 0.15) is 29.7 Å². The highest BCUT2D eigenvalue weighted by atomic mass is 32.2. The molecule has 0 aromatic heterocycles. The Kier molecular flexibility index (Phi) is 7.53. The molecule has 0 aliphatic carbocycles. The number of nitrogens with zero attached hydrogens (tertiary/aromatic N) is 1. The summed E-state index contributed by atoms with van der Waals surface area (Å²) in [6.07, 6.45) is 0.169. The van der Waals surface area contributed by atoms with Crippen LogP contribution in [0.15, 0.2) is 52.4 Å². The molecule has 0 amide bonds. The van der Waals surface area contributed by atoms with Crippen molar-refractivity contribution in [3.8, 4) is 0 Å². The first-order valence-corrected chi connectivity index (χ1v) is 10.9. The van der Waals surface area contributed by atoms with Gasteiger partial charge >= 0.3 is 0 Å². The number of aryl methyl sites for hydroxylation is 1. The smallest absolute Gasteiger partial charge is 0.191 e. The average Bonchev–Trinajstić information content (AvgIpc) is 2.63. The number of nitrogens with one attached hydrogen (secondary N) is 2. The maximum atomic E-state index is 13.8. The summed E-state index contributed by atoms with van der Waals surface area (Å²) in [5.41, 5.74) is 1.75. The summed E-state index contributed by atoms with van der Waals surface area (Å²) in [6, 6.07) is 11.2. The first-order chi connectivity index (χ1) is 13.2. The van der Waals surface area contributed by atoms with Crippen LogP contribution in [-0.2, 0) is 16.4 Å². The van der Waals surface area contributed by atoms with Gasteiger partial charge in [-0.15, -0.1) is 0 Å². The van der Waals surface area contributed by atoms with Crippen LogP contribution in [0.2, 0.25) is 0 Å². The van der Waals surface area contributed by atoms with Crippen molar-refractivity contribution in [3.63, 3.8) is 0 Å². The van der Waals surface area contributed by atoms with Crippen molar-refractivity contribution in [1.29, 1.82) is 0 Å². The van der Waals surface area contributed by atoms with Gasteiger partial charge in [-0.2, -0.15) is 0 Å². The Morgan fingerprint density at radius 3 is 2.54 bits per heavy atom. The molecule has 1 unspecified atom stereocenters. The van der Waals surface area contributed by atoms with Crippen molar-refractivity contribution in [2.75, 3.05) is 19.3 Å². The van der Waals surface area contributed by atoms with Crippen molar-refractivity contribution in [1.82, 2.24) is 10.6 Å². The highest BCUT2D eigenvalue weighted by Gasteiger charge is 2.13. The number of guanidine groups is 1. The molecule has 0 spiro atoms. The van der Waals surface area contributed by atoms with Gasteiger partial charge in [0, 0.05) is 24.9 Å². The molecular formula is C20H26FN3O3S. The van der Waals surface area contributed by atoms with E-state index in [0.717, 1.165) is 5.56 Å². The molecule has 0 heterocycles. The molecule has 0 radical (unpaired) electrons. The zero-order chi connectivity index (χ0) is 20.7. The lowest BCUT2D eigenvalue weighted by Crippen LogP contribution is -2.39. The number of hydrogen-bond acceptors (Lipinski definition) is 4. The van der Waals surface area contributed by atoms with Gasteiger partial charge in [0.05, 0.1) is 17.5 Å². The molecule has 152 valence electrons. The number of hydrogen-bond donors (Lipinski definition) is 3. The summed E-state index contributed by atoms with van der Waals surface area (Å²) in [4.78, 5) is 4.75. The van der Waals surface area contributed by atoms with Gasteiger partial charge in [-0.05, 0) is 37.1 Å². The van der Waals surface area contributed by atoms with Crippen LogP contribution in [0.25, 0.3) is 0 Å². The third-order valence-electron chi connectivity index (χ3n) is 4.13. The van der Waals surface area contributed by atoms with Crippen LogP contribution >= 0.6 is 0 Å². The average molecular weight is 408 g/mol. The van der Waals surface area contributed by atoms with Crippen LogP contribution in [0, 0.1) is 12.7 Å². The highest BCUT2D eigenvalue weighted by Crippen LogP contribution is 2.17. The number of aliphatic hydroxyl groups excluding tert-OH is 1. The molecule has 2 aromatic carbocycles. The zero-order valence-corrected chi connectivity index (χ0v) is 17.1. The van der Waals surface area contributed by atoms with Crippen LogP contribution in [-0.4, -0.2) is 38.8 Å². The molecule has 0 aliphatic rings. The fourth-order valence-corrected chi connectivity index (χ4v) is 3.75. The molecule has 0 saturated carbocycles. The topological polar surface area (TPSA) is 90.8 Å². The molecule has 6 nitrogen and oxygen atoms in total. The van der Waals surface area contributed by atoms with E-state index in [2.05, 4.69) is 15.6 Å². The minimum absolute atomic E-state index is 0.0960. The second-order valence-corrected chi connectivity index (χ2v) is 8.47. The van der Waals surface area contributed by atoms with E-state index < -0.39 is 21.8 Å². The number of aliphatic hydroxyl groups is 1. The summed E-state index contributed by atoms with van der Waals surface area (Å²) in [5.74, 6) is 0.0166. The van der Waals surface area contributed by atoms with Crippen molar-refractivity contribution < 1.29 is 17.9 Å². The summed E-state index contributed by atoms with van der Waals surface area (Å²) in [5, 5.41) is 16.3. The molecular weight excluding hydrogens is 381 g/mol. The van der Waals surface area contributed by atoms with Gasteiger partial charge < -0.3 is 15.7 Å². The number of rotatable bonds is 7. The Hall–Kier alpha value is -2.45. The van der Waals surface area contributed by atoms with Gasteiger partial charge in [-0.1, -0.05) is 30.3 Å². The van der Waals surface area contributed by atoms with E-state index in [1.807, 2.05) is 6.92 Å². The van der Waals surface area contributed by atoms with Crippen LogP contribution in [0.5, 0.6) is 0 Å². The third-order valence-corrected chi connectivity index (χ3v) is 5.39. The minimum atomic E-state index is -3.26. The lowest BCUT2D eigenvalue weighted by Gasteiger charge is -2.16. The Bertz CT molecular complexity index is 945. The summed E-state index contributed by atoms with van der Waals surface area (Å²) in [6.45, 7) is 4.70. The predicted octanol–water partition coefficient (Wildman–Crippen LogP) is 2.33. The first-order valence-electron chi connectivity index (χ1n) is 8.96. The number of sulfone groups is 1. The lowest BCUT2D eigenvalue weighted by atomic mass is 10.1. The maximum absolute atomic E-state index is 13.8. The molecule has 28 heavy (non-hydrogen) atoms. The molecule has 0 bridgehead atoms. The predicted molar refractivity (Wildman–Crippen MR) is 108 cm³/mol. The van der Waals surface area contributed by atoms with E-state index >= 15 is 0 Å². The third kappa shape index (κ3) is 6.03. The Morgan fingerprint density at radius 1 is 1.21 bits per heavy atom. The van der Waals surface area contributed by atoms with Crippen molar-refractivity contribution in [2.45, 2.75) is 31.4 Å². The largest absolute Gasteiger partial charge is 0.386 e. The molecule has 8 heteroatoms. The first kappa shape index (κ1) is 21.8. The van der Waals surface area contributed by atoms with Crippen LogP contribution in [0.3, 0.4) is 0 Å². The molecule has 0 aliphatic heterocycles. The van der Waals surface area contributed by atoms with Gasteiger partial charge in [0.2, 0.25) is 0 Å². The second kappa shape index (κ2) is 9.66. The molecule has 1 atom stereocenters. The normalized spacial score (nSPS) is 13.2. The summed E-state index contributed by atoms with van der Waals surface area (Å²) in [7, 11) is -3.26. The van der Waals surface area contributed by atoms with E-state index in [9.17, 15) is 17.9 Å². The molecule has 2 aromatic rings. The van der Waals surface area contributed by atoms with Gasteiger partial charge in [0.15, 0.2) is 15.8 Å². The maximum Gasteiger partial charge on any atom is 0.191 e. The standard InChI is InChI=1S/C20H26FN3O3S/c1-4-22-20(24-13-18(25)16-7-5-6-8-17(16)21)23-12-15-9-10-19(14(2)11-15)28(3,26)27/h5-11,18,25H,4,12-13H2,1-3H3,(H2,22,23,24). The van der Waals surface area contributed by atoms with E-state index in [-0.39, 0.29) is 12.1 Å². The fraction of sp³-hybridized carbons (Fsp3) is 0.350. The Balaban J connectivity index is 2.06. The van der Waals surface area contributed by atoms with E-state index in [4.69, 9.17) is 0 Å². The highest BCUT2D eigenvalue weighted by molar-refractivity contribution is 7.90. The molecule has 3 N–H and O–H groups in total. The number of benzene rings is 2. The van der Waals surface area contributed by atoms with Crippen LogP contribution in [0.4, 0.5) is 4.39 Å². The van der Waals surface area contributed by atoms with Crippen molar-refractivity contribution in [2.24, 2.45) is 4.99 Å².